The van der Waals surface area contributed by atoms with Crippen LogP contribution >= 0.6 is 0 Å². The second-order valence-electron chi connectivity index (χ2n) is 5.51. The molecule has 0 aromatic carbocycles. The third kappa shape index (κ3) is 8.14. The van der Waals surface area contributed by atoms with Gasteiger partial charge in [0, 0.05) is 0 Å². The van der Waals surface area contributed by atoms with Crippen molar-refractivity contribution < 1.29 is 27.3 Å². The van der Waals surface area contributed by atoms with E-state index >= 15 is 0 Å². The number of unbranched alkanes of at least 4 members (excludes halogenated alkanes) is 2. The Morgan fingerprint density at radius 2 is 1.87 bits per heavy atom. The Kier molecular flexibility index (Phi) is 7.73. The van der Waals surface area contributed by atoms with Crippen molar-refractivity contribution in [2.75, 3.05) is 26.4 Å². The van der Waals surface area contributed by atoms with Crippen LogP contribution in [0.4, 0.5) is 0 Å². The summed E-state index contributed by atoms with van der Waals surface area (Å²) in [6.45, 7) is 1.89. The van der Waals surface area contributed by atoms with Crippen molar-refractivity contribution in [3.05, 3.63) is 12.2 Å². The average molecular weight is 346 g/mol. The van der Waals surface area contributed by atoms with Gasteiger partial charge in [-0.3, -0.25) is 14.5 Å². The van der Waals surface area contributed by atoms with E-state index in [1.165, 1.54) is 4.90 Å². The third-order valence-electron chi connectivity index (χ3n) is 3.00. The van der Waals surface area contributed by atoms with Crippen LogP contribution in [0.3, 0.4) is 0 Å². The Morgan fingerprint density at radius 3 is 2.35 bits per heavy atom. The van der Waals surface area contributed by atoms with Gasteiger partial charge in [-0.05, 0) is 13.5 Å². The Morgan fingerprint density at radius 1 is 1.30 bits per heavy atom. The summed E-state index contributed by atoms with van der Waals surface area (Å²) >= 11 is 0. The van der Waals surface area contributed by atoms with E-state index in [4.69, 9.17) is 9.31 Å². The van der Waals surface area contributed by atoms with E-state index in [2.05, 4.69) is 4.72 Å². The first-order valence-electron chi connectivity index (χ1n) is 7.42. The van der Waals surface area contributed by atoms with Gasteiger partial charge in [0.25, 0.3) is 0 Å². The smallest absolute Gasteiger partial charge is 0.497 e. The number of nitrogens with zero attached hydrogens (tertiary/aromatic N) is 1. The molecule has 0 amide bonds. The van der Waals surface area contributed by atoms with E-state index in [0.29, 0.717) is 0 Å². The van der Waals surface area contributed by atoms with E-state index in [9.17, 15) is 18.0 Å². The summed E-state index contributed by atoms with van der Waals surface area (Å²) in [7, 11) is -3.32. The standard InChI is InChI=1S/C13H23BN2O6S/c1-4-5-6-7-8-11(15-23(3,19)20)14-21-12(17)9-16(2)10-13(18)22-14/h7-8,11,15H,4-6,9-10H2,1-3H3/b8-7+. The Hall–Kier alpha value is -1.39. The first kappa shape index (κ1) is 19.7. The summed E-state index contributed by atoms with van der Waals surface area (Å²) < 4.78 is 35.5. The van der Waals surface area contributed by atoms with Gasteiger partial charge in [-0.2, -0.15) is 0 Å². The minimum atomic E-state index is -3.58. The number of nitrogens with one attached hydrogen (secondary N) is 1. The molecule has 0 spiro atoms. The van der Waals surface area contributed by atoms with Crippen molar-refractivity contribution in [3.8, 4) is 0 Å². The predicted molar refractivity (Wildman–Crippen MR) is 85.9 cm³/mol. The second-order valence-corrected chi connectivity index (χ2v) is 7.29. The molecule has 0 aromatic rings. The highest BCUT2D eigenvalue weighted by molar-refractivity contribution is 7.88. The summed E-state index contributed by atoms with van der Waals surface area (Å²) in [5, 5.41) is 0. The van der Waals surface area contributed by atoms with Gasteiger partial charge in [0.1, 0.15) is 5.94 Å². The quantitative estimate of drug-likeness (QED) is 0.384. The molecule has 1 rings (SSSR count). The molecule has 1 unspecified atom stereocenters. The summed E-state index contributed by atoms with van der Waals surface area (Å²) in [4.78, 5) is 25.0. The minimum absolute atomic E-state index is 0.0727. The molecule has 1 atom stereocenters. The lowest BCUT2D eigenvalue weighted by Crippen LogP contribution is -2.53. The van der Waals surface area contributed by atoms with Crippen LogP contribution in [0.5, 0.6) is 0 Å². The zero-order valence-corrected chi connectivity index (χ0v) is 14.5. The lowest BCUT2D eigenvalue weighted by Gasteiger charge is -2.25. The fraction of sp³-hybridized carbons (Fsp3) is 0.692. The number of carbonyl (C=O) groups is 2. The monoisotopic (exact) mass is 346 g/mol. The summed E-state index contributed by atoms with van der Waals surface area (Å²) in [6, 6.07) is 0. The zero-order valence-electron chi connectivity index (χ0n) is 13.6. The Labute approximate surface area is 137 Å². The van der Waals surface area contributed by atoms with E-state index in [1.807, 2.05) is 6.92 Å². The number of sulfonamides is 1. The lowest BCUT2D eigenvalue weighted by molar-refractivity contribution is -0.145. The molecular formula is C13H23BN2O6S. The lowest BCUT2D eigenvalue weighted by atomic mass is 9.78. The summed E-state index contributed by atoms with van der Waals surface area (Å²) in [5.41, 5.74) is 0. The van der Waals surface area contributed by atoms with Gasteiger partial charge >= 0.3 is 19.1 Å². The highest BCUT2D eigenvalue weighted by atomic mass is 32.2. The SMILES string of the molecule is CCCC/C=C/C(NS(C)(=O)=O)B1OC(=O)CN(C)CC(=O)O1. The molecule has 0 aromatic heterocycles. The van der Waals surface area contributed by atoms with E-state index in [1.54, 1.807) is 19.2 Å². The summed E-state index contributed by atoms with van der Waals surface area (Å²) in [5.74, 6) is -2.14. The van der Waals surface area contributed by atoms with Crippen molar-refractivity contribution in [1.29, 1.82) is 0 Å². The van der Waals surface area contributed by atoms with Gasteiger partial charge in [0.05, 0.1) is 19.3 Å². The molecule has 1 aliphatic rings. The van der Waals surface area contributed by atoms with Crippen LogP contribution in [0.15, 0.2) is 12.2 Å². The molecule has 130 valence electrons. The van der Waals surface area contributed by atoms with Crippen LogP contribution in [0.25, 0.3) is 0 Å². The highest BCUT2D eigenvalue weighted by Gasteiger charge is 2.39. The van der Waals surface area contributed by atoms with Crippen LogP contribution in [0.1, 0.15) is 26.2 Å². The van der Waals surface area contributed by atoms with Crippen molar-refractivity contribution in [2.24, 2.45) is 0 Å². The number of rotatable bonds is 7. The first-order valence-corrected chi connectivity index (χ1v) is 9.32. The van der Waals surface area contributed by atoms with Gasteiger partial charge in [0.15, 0.2) is 0 Å². The van der Waals surface area contributed by atoms with Crippen molar-refractivity contribution in [3.63, 3.8) is 0 Å². The topological polar surface area (TPSA) is 102 Å². The van der Waals surface area contributed by atoms with Gasteiger partial charge in [-0.15, -0.1) is 0 Å². The number of hydrogen-bond donors (Lipinski definition) is 1. The number of hydrogen-bond acceptors (Lipinski definition) is 7. The van der Waals surface area contributed by atoms with Crippen molar-refractivity contribution >= 4 is 29.1 Å². The predicted octanol–water partition coefficient (Wildman–Crippen LogP) is -0.290. The molecular weight excluding hydrogens is 323 g/mol. The zero-order chi connectivity index (χ0) is 17.5. The highest BCUT2D eigenvalue weighted by Crippen LogP contribution is 2.07. The molecule has 0 radical (unpaired) electrons. The van der Waals surface area contributed by atoms with E-state index in [-0.39, 0.29) is 13.1 Å². The van der Waals surface area contributed by atoms with Gasteiger partial charge in [-0.1, -0.05) is 31.9 Å². The second kappa shape index (κ2) is 9.04. The van der Waals surface area contributed by atoms with Crippen LogP contribution in [-0.4, -0.2) is 64.7 Å². The fourth-order valence-electron chi connectivity index (χ4n) is 2.00. The van der Waals surface area contributed by atoms with Crippen LogP contribution in [0, 0.1) is 0 Å². The molecule has 0 saturated carbocycles. The van der Waals surface area contributed by atoms with Gasteiger partial charge in [0.2, 0.25) is 10.0 Å². The minimum Gasteiger partial charge on any atom is -0.497 e. The van der Waals surface area contributed by atoms with Crippen molar-refractivity contribution in [1.82, 2.24) is 9.62 Å². The largest absolute Gasteiger partial charge is 0.622 e. The van der Waals surface area contributed by atoms with Crippen LogP contribution < -0.4 is 4.72 Å². The number of allylic oxidation sites excluding steroid dienone is 1. The Balaban J connectivity index is 2.90. The molecule has 0 bridgehead atoms. The normalized spacial score (nSPS) is 19.2. The van der Waals surface area contributed by atoms with Crippen molar-refractivity contribution in [2.45, 2.75) is 32.1 Å². The maximum absolute atomic E-state index is 11.8. The molecule has 1 heterocycles. The number of likely N-dealkylation sites (N-methyl/N-ethyl adjacent to an activating group) is 1. The molecule has 1 saturated heterocycles. The van der Waals surface area contributed by atoms with E-state index < -0.39 is 35.0 Å². The Bertz CT molecular complexity index is 531. The van der Waals surface area contributed by atoms with E-state index in [0.717, 1.165) is 25.5 Å². The van der Waals surface area contributed by atoms with Gasteiger partial charge < -0.3 is 9.31 Å². The molecule has 1 aliphatic heterocycles. The number of carbonyl (C=O) groups excluding carboxylic acids is 2. The van der Waals surface area contributed by atoms with Crippen LogP contribution in [0.2, 0.25) is 0 Å². The molecule has 1 fully saturated rings. The molecule has 1 N–H and O–H groups in total. The average Bonchev–Trinajstić information content (AvgIpc) is 2.38. The third-order valence-corrected chi connectivity index (χ3v) is 3.70. The maximum atomic E-state index is 11.8. The van der Waals surface area contributed by atoms with Crippen LogP contribution in [-0.2, 0) is 28.9 Å². The molecule has 8 nitrogen and oxygen atoms in total. The summed E-state index contributed by atoms with van der Waals surface area (Å²) in [6.07, 6.45) is 6.99. The molecule has 0 aliphatic carbocycles. The van der Waals surface area contributed by atoms with Gasteiger partial charge in [-0.25, -0.2) is 13.1 Å². The molecule has 10 heteroatoms. The fourth-order valence-corrected chi connectivity index (χ4v) is 2.68. The molecule has 23 heavy (non-hydrogen) atoms. The first-order chi connectivity index (χ1) is 10.7. The maximum Gasteiger partial charge on any atom is 0.622 e.